The van der Waals surface area contributed by atoms with Gasteiger partial charge in [-0.1, -0.05) is 29.8 Å². The molecule has 22 heavy (non-hydrogen) atoms. The summed E-state index contributed by atoms with van der Waals surface area (Å²) in [5.74, 6) is -0.0292. The molecule has 0 unspecified atom stereocenters. The fourth-order valence-corrected chi connectivity index (χ4v) is 2.51. The molecule has 0 saturated carbocycles. The number of aryl methyl sites for hydroxylation is 1. The first-order valence-corrected chi connectivity index (χ1v) is 7.73. The molecule has 0 aromatic heterocycles. The van der Waals surface area contributed by atoms with Gasteiger partial charge in [-0.3, -0.25) is 9.59 Å². The third-order valence-electron chi connectivity index (χ3n) is 4.12. The molecule has 0 spiro atoms. The number of rotatable bonds is 4. The van der Waals surface area contributed by atoms with E-state index in [1.807, 2.05) is 36.1 Å². The van der Waals surface area contributed by atoms with E-state index in [1.165, 1.54) is 12.5 Å². The number of nitrogens with zero attached hydrogens (tertiary/aromatic N) is 3. The third-order valence-corrected chi connectivity index (χ3v) is 4.12. The van der Waals surface area contributed by atoms with Crippen LogP contribution in [0.3, 0.4) is 0 Å². The van der Waals surface area contributed by atoms with Crippen molar-refractivity contribution in [3.05, 3.63) is 35.4 Å². The molecule has 1 saturated heterocycles. The van der Waals surface area contributed by atoms with Crippen molar-refractivity contribution >= 4 is 11.8 Å². The Kier molecular flexibility index (Phi) is 5.55. The van der Waals surface area contributed by atoms with Gasteiger partial charge in [0.2, 0.25) is 11.8 Å². The topological polar surface area (TPSA) is 43.9 Å². The van der Waals surface area contributed by atoms with Crippen molar-refractivity contribution in [1.82, 2.24) is 14.7 Å². The highest BCUT2D eigenvalue weighted by molar-refractivity contribution is 5.83. The van der Waals surface area contributed by atoms with E-state index in [1.54, 1.807) is 4.90 Å². The summed E-state index contributed by atoms with van der Waals surface area (Å²) in [5, 5.41) is 0. The molecular weight excluding hydrogens is 278 g/mol. The summed E-state index contributed by atoms with van der Waals surface area (Å²) in [6.45, 7) is 7.46. The van der Waals surface area contributed by atoms with Crippen LogP contribution in [0.25, 0.3) is 0 Å². The van der Waals surface area contributed by atoms with Crippen LogP contribution in [0.2, 0.25) is 0 Å². The van der Waals surface area contributed by atoms with Crippen LogP contribution in [0.4, 0.5) is 0 Å². The lowest BCUT2D eigenvalue weighted by Crippen LogP contribution is -2.50. The number of carbonyl (C=O) groups excluding carboxylic acids is 2. The van der Waals surface area contributed by atoms with Crippen LogP contribution in [0.5, 0.6) is 0 Å². The predicted molar refractivity (Wildman–Crippen MR) is 86.3 cm³/mol. The first kappa shape index (κ1) is 16.5. The second kappa shape index (κ2) is 7.40. The summed E-state index contributed by atoms with van der Waals surface area (Å²) in [6, 6.07) is 8.06. The van der Waals surface area contributed by atoms with E-state index < -0.39 is 0 Å². The molecule has 0 N–H and O–H groups in total. The summed E-state index contributed by atoms with van der Waals surface area (Å²) in [7, 11) is 2.06. The Balaban J connectivity index is 1.95. The van der Waals surface area contributed by atoms with E-state index in [-0.39, 0.29) is 18.4 Å². The fourth-order valence-electron chi connectivity index (χ4n) is 2.51. The zero-order valence-electron chi connectivity index (χ0n) is 13.7. The second-order valence-electron chi connectivity index (χ2n) is 6.04. The third kappa shape index (κ3) is 4.56. The Labute approximate surface area is 132 Å². The van der Waals surface area contributed by atoms with Crippen LogP contribution in [0.1, 0.15) is 18.1 Å². The molecule has 0 bridgehead atoms. The summed E-state index contributed by atoms with van der Waals surface area (Å²) < 4.78 is 0. The van der Waals surface area contributed by atoms with Gasteiger partial charge in [0, 0.05) is 39.6 Å². The standard InChI is InChI=1S/C17H25N3O2/c1-14-4-6-16(7-5-14)12-20(15(2)21)13-17(22)19-10-8-18(3)9-11-19/h4-7H,8-13H2,1-3H3. The lowest BCUT2D eigenvalue weighted by Gasteiger charge is -2.33. The molecule has 0 radical (unpaired) electrons. The first-order chi connectivity index (χ1) is 10.5. The van der Waals surface area contributed by atoms with Crippen LogP contribution < -0.4 is 0 Å². The summed E-state index contributed by atoms with van der Waals surface area (Å²) in [4.78, 5) is 29.9. The minimum Gasteiger partial charge on any atom is -0.339 e. The maximum atomic E-state index is 12.4. The van der Waals surface area contributed by atoms with E-state index in [9.17, 15) is 9.59 Å². The Morgan fingerprint density at radius 1 is 1.09 bits per heavy atom. The lowest BCUT2D eigenvalue weighted by molar-refractivity contribution is -0.140. The number of hydrogen-bond donors (Lipinski definition) is 0. The highest BCUT2D eigenvalue weighted by Gasteiger charge is 2.22. The first-order valence-electron chi connectivity index (χ1n) is 7.73. The Morgan fingerprint density at radius 2 is 1.68 bits per heavy atom. The fraction of sp³-hybridized carbons (Fsp3) is 0.529. The maximum absolute atomic E-state index is 12.4. The van der Waals surface area contributed by atoms with E-state index in [0.29, 0.717) is 6.54 Å². The molecule has 1 fully saturated rings. The monoisotopic (exact) mass is 303 g/mol. The quantitative estimate of drug-likeness (QED) is 0.837. The zero-order chi connectivity index (χ0) is 16.1. The summed E-state index contributed by atoms with van der Waals surface area (Å²) >= 11 is 0. The van der Waals surface area contributed by atoms with Crippen molar-refractivity contribution in [2.24, 2.45) is 0 Å². The molecule has 1 heterocycles. The van der Waals surface area contributed by atoms with Gasteiger partial charge in [0.05, 0.1) is 0 Å². The highest BCUT2D eigenvalue weighted by Crippen LogP contribution is 2.08. The molecule has 0 atom stereocenters. The molecule has 5 heteroatoms. The molecular formula is C17H25N3O2. The molecule has 2 amide bonds. The van der Waals surface area contributed by atoms with Gasteiger partial charge in [0.1, 0.15) is 6.54 Å². The van der Waals surface area contributed by atoms with Gasteiger partial charge in [-0.05, 0) is 19.5 Å². The number of hydrogen-bond acceptors (Lipinski definition) is 3. The van der Waals surface area contributed by atoms with Gasteiger partial charge >= 0.3 is 0 Å². The van der Waals surface area contributed by atoms with Crippen molar-refractivity contribution in [3.8, 4) is 0 Å². The van der Waals surface area contributed by atoms with Crippen molar-refractivity contribution in [2.45, 2.75) is 20.4 Å². The number of amides is 2. The van der Waals surface area contributed by atoms with Crippen LogP contribution in [0.15, 0.2) is 24.3 Å². The van der Waals surface area contributed by atoms with E-state index in [0.717, 1.165) is 31.7 Å². The van der Waals surface area contributed by atoms with Crippen molar-refractivity contribution < 1.29 is 9.59 Å². The largest absolute Gasteiger partial charge is 0.339 e. The van der Waals surface area contributed by atoms with Gasteiger partial charge < -0.3 is 14.7 Å². The average Bonchev–Trinajstić information content (AvgIpc) is 2.49. The van der Waals surface area contributed by atoms with Crippen LogP contribution in [-0.4, -0.2) is 66.3 Å². The van der Waals surface area contributed by atoms with Crippen LogP contribution in [0, 0.1) is 6.92 Å². The van der Waals surface area contributed by atoms with Gasteiger partial charge in [0.15, 0.2) is 0 Å². The zero-order valence-corrected chi connectivity index (χ0v) is 13.7. The predicted octanol–water partition coefficient (Wildman–Crippen LogP) is 1.12. The number of piperazine rings is 1. The number of carbonyl (C=O) groups is 2. The van der Waals surface area contributed by atoms with Gasteiger partial charge in [-0.25, -0.2) is 0 Å². The van der Waals surface area contributed by atoms with Gasteiger partial charge in [-0.15, -0.1) is 0 Å². The molecule has 5 nitrogen and oxygen atoms in total. The molecule has 1 aliphatic heterocycles. The Bertz CT molecular complexity index is 519. The smallest absolute Gasteiger partial charge is 0.242 e. The minimum absolute atomic E-state index is 0.0374. The second-order valence-corrected chi connectivity index (χ2v) is 6.04. The number of likely N-dealkylation sites (N-methyl/N-ethyl adjacent to an activating group) is 1. The van der Waals surface area contributed by atoms with Crippen molar-refractivity contribution in [1.29, 1.82) is 0 Å². The SMILES string of the molecule is CC(=O)N(CC(=O)N1CCN(C)CC1)Cc1ccc(C)cc1. The van der Waals surface area contributed by atoms with E-state index >= 15 is 0 Å². The van der Waals surface area contributed by atoms with E-state index in [2.05, 4.69) is 11.9 Å². The molecule has 1 aliphatic rings. The Morgan fingerprint density at radius 3 is 2.23 bits per heavy atom. The highest BCUT2D eigenvalue weighted by atomic mass is 16.2. The molecule has 1 aromatic rings. The van der Waals surface area contributed by atoms with Crippen LogP contribution >= 0.6 is 0 Å². The number of benzene rings is 1. The molecule has 1 aromatic carbocycles. The lowest BCUT2D eigenvalue weighted by atomic mass is 10.1. The maximum Gasteiger partial charge on any atom is 0.242 e. The molecule has 120 valence electrons. The van der Waals surface area contributed by atoms with Crippen molar-refractivity contribution in [2.75, 3.05) is 39.8 Å². The minimum atomic E-state index is -0.0666. The molecule has 0 aliphatic carbocycles. The van der Waals surface area contributed by atoms with E-state index in [4.69, 9.17) is 0 Å². The van der Waals surface area contributed by atoms with Gasteiger partial charge in [-0.2, -0.15) is 0 Å². The summed E-state index contributed by atoms with van der Waals surface area (Å²) in [6.07, 6.45) is 0. The average molecular weight is 303 g/mol. The summed E-state index contributed by atoms with van der Waals surface area (Å²) in [5.41, 5.74) is 2.23. The normalized spacial score (nSPS) is 15.7. The molecule has 2 rings (SSSR count). The Hall–Kier alpha value is -1.88. The van der Waals surface area contributed by atoms with Gasteiger partial charge in [0.25, 0.3) is 0 Å². The van der Waals surface area contributed by atoms with Crippen LogP contribution in [-0.2, 0) is 16.1 Å². The van der Waals surface area contributed by atoms with Crippen molar-refractivity contribution in [3.63, 3.8) is 0 Å².